The molecule has 0 bridgehead atoms. The first-order chi connectivity index (χ1) is 11.1. The number of carbonyl (C=O) groups excluding carboxylic acids is 1. The van der Waals surface area contributed by atoms with Crippen molar-refractivity contribution in [1.29, 1.82) is 0 Å². The second-order valence-corrected chi connectivity index (χ2v) is 5.76. The van der Waals surface area contributed by atoms with Crippen molar-refractivity contribution in [1.82, 2.24) is 5.32 Å². The molecule has 0 unspecified atom stereocenters. The van der Waals surface area contributed by atoms with Gasteiger partial charge in [0.1, 0.15) is 0 Å². The number of aliphatic hydroxyl groups excluding tert-OH is 1. The molecule has 122 valence electrons. The highest BCUT2D eigenvalue weighted by molar-refractivity contribution is 5.81. The number of nitrogens with one attached hydrogen (secondary N) is 1. The molecule has 2 N–H and O–H groups in total. The van der Waals surface area contributed by atoms with Crippen molar-refractivity contribution >= 4 is 11.6 Å². The van der Waals surface area contributed by atoms with Crippen LogP contribution in [0.25, 0.3) is 0 Å². The molecule has 2 rings (SSSR count). The van der Waals surface area contributed by atoms with Gasteiger partial charge >= 0.3 is 0 Å². The molecule has 4 heteroatoms. The summed E-state index contributed by atoms with van der Waals surface area (Å²) in [6.07, 6.45) is -0.505. The Hall–Kier alpha value is -2.33. The van der Waals surface area contributed by atoms with E-state index in [1.807, 2.05) is 72.5 Å². The molecule has 4 nitrogen and oxygen atoms in total. The molecule has 2 aromatic rings. The Morgan fingerprint density at radius 3 is 2.17 bits per heavy atom. The van der Waals surface area contributed by atoms with Gasteiger partial charge in [-0.15, -0.1) is 0 Å². The summed E-state index contributed by atoms with van der Waals surface area (Å²) in [6, 6.07) is 19.5. The molecule has 0 radical (unpaired) electrons. The molecule has 2 aromatic carbocycles. The molecular formula is C19H24N2O2. The molecular weight excluding hydrogens is 288 g/mol. The minimum Gasteiger partial charge on any atom is -0.392 e. The van der Waals surface area contributed by atoms with Crippen molar-refractivity contribution in [2.75, 3.05) is 18.0 Å². The second-order valence-electron chi connectivity index (χ2n) is 5.76. The summed E-state index contributed by atoms with van der Waals surface area (Å²) < 4.78 is 0. The summed E-state index contributed by atoms with van der Waals surface area (Å²) >= 11 is 0. The zero-order valence-electron chi connectivity index (χ0n) is 13.6. The van der Waals surface area contributed by atoms with Gasteiger partial charge in [-0.05, 0) is 31.5 Å². The third kappa shape index (κ3) is 5.42. The van der Waals surface area contributed by atoms with E-state index in [1.54, 1.807) is 6.92 Å². The van der Waals surface area contributed by atoms with E-state index < -0.39 is 6.10 Å². The molecule has 0 aliphatic heterocycles. The molecule has 0 spiro atoms. The molecule has 0 saturated heterocycles. The van der Waals surface area contributed by atoms with Crippen LogP contribution in [0.3, 0.4) is 0 Å². The van der Waals surface area contributed by atoms with E-state index in [1.165, 1.54) is 0 Å². The molecule has 0 aromatic heterocycles. The fourth-order valence-electron chi connectivity index (χ4n) is 2.50. The number of rotatable bonds is 7. The van der Waals surface area contributed by atoms with Crippen LogP contribution in [0.5, 0.6) is 0 Å². The standard InChI is InChI=1S/C19H24N2O2/c1-15(22)13-21(18-11-7-4-8-12-18)14-19(23)20-16(2)17-9-5-3-6-10-17/h3-12,15-16,22H,13-14H2,1-2H3,(H,20,23)/t15-,16+/m1/s1. The Bertz CT molecular complexity index is 599. The lowest BCUT2D eigenvalue weighted by Crippen LogP contribution is -2.41. The SMILES string of the molecule is C[C@H](NC(=O)CN(C[C@@H](C)O)c1ccccc1)c1ccccc1. The molecule has 0 heterocycles. The minimum absolute atomic E-state index is 0.0483. The van der Waals surface area contributed by atoms with Crippen molar-refractivity contribution in [2.45, 2.75) is 26.0 Å². The van der Waals surface area contributed by atoms with Crippen LogP contribution in [-0.4, -0.2) is 30.2 Å². The van der Waals surface area contributed by atoms with E-state index in [9.17, 15) is 9.90 Å². The Morgan fingerprint density at radius 2 is 1.61 bits per heavy atom. The Labute approximate surface area is 137 Å². The summed E-state index contributed by atoms with van der Waals surface area (Å²) in [5.41, 5.74) is 2.00. The first-order valence-electron chi connectivity index (χ1n) is 7.88. The largest absolute Gasteiger partial charge is 0.392 e. The fourth-order valence-corrected chi connectivity index (χ4v) is 2.50. The Morgan fingerprint density at radius 1 is 1.04 bits per heavy atom. The normalized spacial score (nSPS) is 13.2. The summed E-state index contributed by atoms with van der Waals surface area (Å²) in [6.45, 7) is 4.32. The van der Waals surface area contributed by atoms with Crippen LogP contribution in [0, 0.1) is 0 Å². The smallest absolute Gasteiger partial charge is 0.239 e. The maximum atomic E-state index is 12.4. The summed E-state index contributed by atoms with van der Waals surface area (Å²) in [5, 5.41) is 12.7. The van der Waals surface area contributed by atoms with Gasteiger partial charge in [-0.25, -0.2) is 0 Å². The number of amides is 1. The van der Waals surface area contributed by atoms with Crippen molar-refractivity contribution in [3.8, 4) is 0 Å². The van der Waals surface area contributed by atoms with Crippen molar-refractivity contribution < 1.29 is 9.90 Å². The lowest BCUT2D eigenvalue weighted by molar-refractivity contribution is -0.120. The van der Waals surface area contributed by atoms with E-state index >= 15 is 0 Å². The third-order valence-corrected chi connectivity index (χ3v) is 3.62. The van der Waals surface area contributed by atoms with Crippen LogP contribution >= 0.6 is 0 Å². The highest BCUT2D eigenvalue weighted by Gasteiger charge is 2.15. The lowest BCUT2D eigenvalue weighted by Gasteiger charge is -2.26. The van der Waals surface area contributed by atoms with Gasteiger partial charge in [-0.1, -0.05) is 48.5 Å². The number of benzene rings is 2. The number of aliphatic hydroxyl groups is 1. The van der Waals surface area contributed by atoms with Gasteiger partial charge in [-0.2, -0.15) is 0 Å². The van der Waals surface area contributed by atoms with Crippen LogP contribution < -0.4 is 10.2 Å². The van der Waals surface area contributed by atoms with E-state index in [0.29, 0.717) is 6.54 Å². The molecule has 23 heavy (non-hydrogen) atoms. The first kappa shape index (κ1) is 17.0. The number of carbonyl (C=O) groups is 1. The predicted molar refractivity (Wildman–Crippen MR) is 93.3 cm³/mol. The third-order valence-electron chi connectivity index (χ3n) is 3.62. The Balaban J connectivity index is 2.00. The number of nitrogens with zero attached hydrogens (tertiary/aromatic N) is 1. The fraction of sp³-hybridized carbons (Fsp3) is 0.316. The summed E-state index contributed by atoms with van der Waals surface area (Å²) in [7, 11) is 0. The second kappa shape index (κ2) is 8.34. The molecule has 1 amide bonds. The Kier molecular flexibility index (Phi) is 6.18. The van der Waals surface area contributed by atoms with Crippen LogP contribution in [0.1, 0.15) is 25.5 Å². The number of hydrogen-bond acceptors (Lipinski definition) is 3. The highest BCUT2D eigenvalue weighted by Crippen LogP contribution is 2.15. The predicted octanol–water partition coefficient (Wildman–Crippen LogP) is 2.75. The maximum absolute atomic E-state index is 12.4. The van der Waals surface area contributed by atoms with Gasteiger partial charge in [0.25, 0.3) is 0 Å². The van der Waals surface area contributed by atoms with Crippen molar-refractivity contribution in [2.24, 2.45) is 0 Å². The maximum Gasteiger partial charge on any atom is 0.239 e. The lowest BCUT2D eigenvalue weighted by atomic mass is 10.1. The quantitative estimate of drug-likeness (QED) is 0.826. The first-order valence-corrected chi connectivity index (χ1v) is 7.88. The van der Waals surface area contributed by atoms with Crippen LogP contribution in [0.2, 0.25) is 0 Å². The van der Waals surface area contributed by atoms with E-state index in [-0.39, 0.29) is 18.5 Å². The van der Waals surface area contributed by atoms with Gasteiger partial charge < -0.3 is 15.3 Å². The van der Waals surface area contributed by atoms with E-state index in [2.05, 4.69) is 5.32 Å². The van der Waals surface area contributed by atoms with Gasteiger partial charge in [0.15, 0.2) is 0 Å². The van der Waals surface area contributed by atoms with E-state index in [0.717, 1.165) is 11.3 Å². The zero-order valence-corrected chi connectivity index (χ0v) is 13.6. The van der Waals surface area contributed by atoms with Crippen LogP contribution in [0.4, 0.5) is 5.69 Å². The number of anilines is 1. The van der Waals surface area contributed by atoms with Crippen LogP contribution in [0.15, 0.2) is 60.7 Å². The molecule has 2 atom stereocenters. The zero-order chi connectivity index (χ0) is 16.7. The number of para-hydroxylation sites is 1. The summed E-state index contributed by atoms with van der Waals surface area (Å²) in [4.78, 5) is 14.2. The monoisotopic (exact) mass is 312 g/mol. The average molecular weight is 312 g/mol. The highest BCUT2D eigenvalue weighted by atomic mass is 16.3. The molecule has 0 aliphatic rings. The van der Waals surface area contributed by atoms with Crippen molar-refractivity contribution in [3.63, 3.8) is 0 Å². The van der Waals surface area contributed by atoms with Gasteiger partial charge in [0.05, 0.1) is 18.7 Å². The minimum atomic E-state index is -0.505. The topological polar surface area (TPSA) is 52.6 Å². The van der Waals surface area contributed by atoms with Gasteiger partial charge in [-0.3, -0.25) is 4.79 Å². The molecule has 0 fully saturated rings. The van der Waals surface area contributed by atoms with Crippen molar-refractivity contribution in [3.05, 3.63) is 66.2 Å². The molecule has 0 aliphatic carbocycles. The van der Waals surface area contributed by atoms with Gasteiger partial charge in [0.2, 0.25) is 5.91 Å². The van der Waals surface area contributed by atoms with Crippen LogP contribution in [-0.2, 0) is 4.79 Å². The number of hydrogen-bond donors (Lipinski definition) is 2. The average Bonchev–Trinajstić information content (AvgIpc) is 2.55. The van der Waals surface area contributed by atoms with E-state index in [4.69, 9.17) is 0 Å². The molecule has 0 saturated carbocycles. The summed E-state index contributed by atoms with van der Waals surface area (Å²) in [5.74, 6) is -0.0640. The van der Waals surface area contributed by atoms with Gasteiger partial charge in [0, 0.05) is 12.2 Å².